The molecule has 0 radical (unpaired) electrons. The Morgan fingerprint density at radius 2 is 1.23 bits per heavy atom. The van der Waals surface area contributed by atoms with E-state index in [1.54, 1.807) is 0 Å². The van der Waals surface area contributed by atoms with E-state index in [9.17, 15) is 0 Å². The van der Waals surface area contributed by atoms with Crippen LogP contribution >= 0.6 is 0 Å². The summed E-state index contributed by atoms with van der Waals surface area (Å²) in [5, 5.41) is 0. The van der Waals surface area contributed by atoms with Gasteiger partial charge in [-0.05, 0) is 0 Å². The molecule has 2 heteroatoms. The zero-order valence-electron chi connectivity index (χ0n) is 22.9. The number of rotatable bonds is 9. The first kappa shape index (κ1) is 25.9. The van der Waals surface area contributed by atoms with Gasteiger partial charge in [-0.2, -0.15) is 0 Å². The van der Waals surface area contributed by atoms with E-state index in [1.807, 2.05) is 14.5 Å². The number of fused-ring (bicyclic) bond motifs is 2. The third-order valence-electron chi connectivity index (χ3n) is 13.1. The van der Waals surface area contributed by atoms with Gasteiger partial charge >= 0.3 is 213 Å². The van der Waals surface area contributed by atoms with Gasteiger partial charge in [0.25, 0.3) is 0 Å². The second-order valence-corrected chi connectivity index (χ2v) is 83.8. The summed E-state index contributed by atoms with van der Waals surface area (Å²) in [7, 11) is 0. The fourth-order valence-corrected chi connectivity index (χ4v) is 78.0. The molecule has 0 nitrogen and oxygen atoms in total. The van der Waals surface area contributed by atoms with Crippen molar-refractivity contribution in [1.82, 2.24) is 0 Å². The Labute approximate surface area is 211 Å². The first-order valence-electron chi connectivity index (χ1n) is 15.0. The molecule has 0 amide bonds. The topological polar surface area (TPSA) is 0 Å². The van der Waals surface area contributed by atoms with E-state index < -0.39 is 14.2 Å². The van der Waals surface area contributed by atoms with Gasteiger partial charge in [-0.15, -0.1) is 0 Å². The van der Waals surface area contributed by atoms with Crippen molar-refractivity contribution in [3.8, 4) is 0 Å². The van der Waals surface area contributed by atoms with Crippen molar-refractivity contribution in [2.75, 3.05) is 0 Å². The van der Waals surface area contributed by atoms with Crippen LogP contribution in [0, 0.1) is 11.8 Å². The molecule has 4 aliphatic rings. The molecule has 2 saturated carbocycles. The van der Waals surface area contributed by atoms with Crippen molar-refractivity contribution in [1.29, 1.82) is 0 Å². The molecule has 190 valence electrons. The zero-order valence-corrected chi connectivity index (χ0v) is 27.9. The van der Waals surface area contributed by atoms with Crippen LogP contribution in [0.1, 0.15) is 78.1 Å². The van der Waals surface area contributed by atoms with Crippen molar-refractivity contribution in [2.24, 2.45) is 11.8 Å². The van der Waals surface area contributed by atoms with Crippen LogP contribution in [0.25, 0.3) is 0 Å². The van der Waals surface area contributed by atoms with Gasteiger partial charge in [0.2, 0.25) is 0 Å². The molecule has 0 heterocycles. The van der Waals surface area contributed by atoms with Crippen molar-refractivity contribution < 1.29 is 14.2 Å². The van der Waals surface area contributed by atoms with Gasteiger partial charge in [0, 0.05) is 0 Å². The molecule has 4 atom stereocenters. The maximum absolute atomic E-state index is 5.01. The van der Waals surface area contributed by atoms with Crippen LogP contribution in [0.2, 0.25) is 20.4 Å². The summed E-state index contributed by atoms with van der Waals surface area (Å²) in [6.45, 7) is 7.63. The van der Waals surface area contributed by atoms with E-state index >= 15 is 0 Å². The molecule has 0 spiro atoms. The Morgan fingerprint density at radius 1 is 0.743 bits per heavy atom. The van der Waals surface area contributed by atoms with Crippen molar-refractivity contribution in [3.05, 3.63) is 77.9 Å². The SMILES string of the molecule is CCC[CH2][Hf]([CH3])(=[SiH2])([CH2]CCC)([c]1ccccc1)([CH]1CCC2CC=CC=C21)[CH]1CCC2CC=CC=C21. The Balaban J connectivity index is 1.95. The molecule has 0 aromatic heterocycles. The maximum atomic E-state index is 3.08. The van der Waals surface area contributed by atoms with Crippen LogP contribution in [0.15, 0.2) is 77.9 Å². The summed E-state index contributed by atoms with van der Waals surface area (Å²) in [6, 6.07) is 12.4. The third kappa shape index (κ3) is 3.30. The van der Waals surface area contributed by atoms with Crippen molar-refractivity contribution >= 4 is 10.3 Å². The fourth-order valence-electron chi connectivity index (χ4n) is 11.1. The molecule has 0 saturated heterocycles. The average molecular weight is 653 g/mol. The quantitative estimate of drug-likeness (QED) is 0.233. The number of unbranched alkanes of at least 4 members (excludes halogenated alkanes) is 2. The van der Waals surface area contributed by atoms with Gasteiger partial charge in [-0.3, -0.25) is 0 Å². The Hall–Kier alpha value is -0.733. The van der Waals surface area contributed by atoms with Crippen LogP contribution < -0.4 is 3.32 Å². The number of allylic oxidation sites excluding steroid dienone is 8. The van der Waals surface area contributed by atoms with Crippen LogP contribution in [0.4, 0.5) is 0 Å². The summed E-state index contributed by atoms with van der Waals surface area (Å²) in [4.78, 5) is 0. The molecule has 4 aliphatic carbocycles. The summed E-state index contributed by atoms with van der Waals surface area (Å²) < 4.78 is 9.47. The predicted molar refractivity (Wildman–Crippen MR) is 157 cm³/mol. The van der Waals surface area contributed by atoms with Crippen LogP contribution in [-0.4, -0.2) is 6.94 Å². The molecule has 0 N–H and O–H groups in total. The molecule has 0 bridgehead atoms. The second kappa shape index (κ2) is 8.39. The van der Waals surface area contributed by atoms with Gasteiger partial charge in [-0.1, -0.05) is 0 Å². The molecule has 0 aliphatic heterocycles. The van der Waals surface area contributed by atoms with E-state index in [-0.39, 0.29) is 0 Å². The van der Waals surface area contributed by atoms with E-state index in [4.69, 9.17) is 0 Å². The Bertz CT molecular complexity index is 1150. The second-order valence-electron chi connectivity index (χ2n) is 14.7. The Morgan fingerprint density at radius 3 is 1.69 bits per heavy atom. The summed E-state index contributed by atoms with van der Waals surface area (Å²) >= 11 is -5.01. The third-order valence-corrected chi connectivity index (χ3v) is 83.0. The van der Waals surface area contributed by atoms with Crippen molar-refractivity contribution in [3.63, 3.8) is 0 Å². The van der Waals surface area contributed by atoms with Crippen LogP contribution in [-0.2, 0) is 14.2 Å². The predicted octanol–water partition coefficient (Wildman–Crippen LogP) is 9.28. The van der Waals surface area contributed by atoms with Crippen LogP contribution in [0.3, 0.4) is 0 Å². The fraction of sp³-hybridized carbons (Fsp3) is 0.576. The van der Waals surface area contributed by atoms with E-state index in [1.165, 1.54) is 72.6 Å². The molecule has 35 heavy (non-hydrogen) atoms. The molecule has 5 rings (SSSR count). The molecule has 1 aromatic rings. The zero-order chi connectivity index (χ0) is 24.7. The van der Waals surface area contributed by atoms with E-state index in [0.717, 1.165) is 19.2 Å². The first-order chi connectivity index (χ1) is 16.8. The van der Waals surface area contributed by atoms with E-state index in [2.05, 4.69) is 92.3 Å². The Kier molecular flexibility index (Phi) is 6.21. The first-order valence-corrected chi connectivity index (χ1v) is 38.0. The minimum atomic E-state index is -5.01. The molecular weight excluding hydrogens is 603 g/mol. The summed E-state index contributed by atoms with van der Waals surface area (Å²) in [6.07, 6.45) is 28.6. The molecule has 1 aromatic carbocycles. The average Bonchev–Trinajstić information content (AvgIpc) is 3.55. The van der Waals surface area contributed by atoms with Gasteiger partial charge in [0.05, 0.1) is 0 Å². The normalized spacial score (nSPS) is 30.9. The van der Waals surface area contributed by atoms with Crippen LogP contribution in [0.5, 0.6) is 0 Å². The van der Waals surface area contributed by atoms with Gasteiger partial charge in [0.15, 0.2) is 0 Å². The van der Waals surface area contributed by atoms with E-state index in [0.29, 0.717) is 0 Å². The monoisotopic (exact) mass is 654 g/mol. The van der Waals surface area contributed by atoms with Gasteiger partial charge < -0.3 is 0 Å². The summed E-state index contributed by atoms with van der Waals surface area (Å²) in [5.41, 5.74) is 3.75. The number of benzene rings is 1. The van der Waals surface area contributed by atoms with Gasteiger partial charge in [-0.25, -0.2) is 0 Å². The molecular formula is C33H50HfSi. The number of hydrogen-bond donors (Lipinski definition) is 0. The van der Waals surface area contributed by atoms with Crippen molar-refractivity contribution in [2.45, 2.75) is 98.4 Å². The number of hydrogen-bond acceptors (Lipinski definition) is 0. The standard InChI is InChI=1S/2C9H11.C6H5.2C4H9.CH3.Hf.H2Si/c2*1-2-5-9-7-3-6-8(9)4-1;1-2-4-6-5-3-1;2*1-3-4-2;;;/h2*1-2,4,6,9H,3,5,7H2;1-5H;2*1,3-4H2,2H3;1H3;;1H2. The molecule has 2 fully saturated rings. The summed E-state index contributed by atoms with van der Waals surface area (Å²) in [5.74, 6) is 1.58. The van der Waals surface area contributed by atoms with Gasteiger partial charge in [0.1, 0.15) is 0 Å². The minimum absolute atomic E-state index is 0.781. The molecule has 4 unspecified atom stereocenters.